The molecule has 2 amide bonds. The number of nitrogens with zero attached hydrogens (tertiary/aromatic N) is 2. The molecule has 5 nitrogen and oxygen atoms in total. The number of nitrogens with one attached hydrogen (secondary N) is 1. The van der Waals surface area contributed by atoms with E-state index in [0.29, 0.717) is 0 Å². The average Bonchev–Trinajstić information content (AvgIpc) is 3.09. The fourth-order valence-corrected chi connectivity index (χ4v) is 2.98. The number of likely N-dealkylation sites (tertiary alicyclic amines) is 1. The van der Waals surface area contributed by atoms with Gasteiger partial charge in [-0.05, 0) is 47.8 Å². The van der Waals surface area contributed by atoms with Gasteiger partial charge in [-0.1, -0.05) is 17.3 Å². The van der Waals surface area contributed by atoms with Crippen LogP contribution in [0.3, 0.4) is 0 Å². The van der Waals surface area contributed by atoms with E-state index in [9.17, 15) is 4.79 Å². The van der Waals surface area contributed by atoms with E-state index in [1.54, 1.807) is 4.90 Å². The summed E-state index contributed by atoms with van der Waals surface area (Å²) in [6, 6.07) is 9.32. The number of amides is 2. The van der Waals surface area contributed by atoms with Crippen LogP contribution in [-0.2, 0) is 0 Å². The summed E-state index contributed by atoms with van der Waals surface area (Å²) < 4.78 is 6.19. The van der Waals surface area contributed by atoms with Crippen molar-refractivity contribution >= 4 is 27.6 Å². The number of para-hydroxylation sites is 1. The molecule has 2 aromatic rings. The number of urea groups is 1. The molecule has 6 heteroatoms. The van der Waals surface area contributed by atoms with Crippen molar-refractivity contribution in [1.82, 2.24) is 10.1 Å². The van der Waals surface area contributed by atoms with Crippen LogP contribution in [0, 0.1) is 6.92 Å². The SMILES string of the molecule is Cc1cc(C2CCCN2C(=O)Nc2ccccc2Br)on1. The molecule has 0 spiro atoms. The Hall–Kier alpha value is -1.82. The number of carbonyl (C=O) groups is 1. The first-order valence-corrected chi connectivity index (χ1v) is 7.70. The second kappa shape index (κ2) is 5.89. The minimum absolute atomic E-state index is 0.0336. The third-order valence-corrected chi connectivity index (χ3v) is 4.30. The Morgan fingerprint density at radius 2 is 2.29 bits per heavy atom. The van der Waals surface area contributed by atoms with Crippen LogP contribution in [0.1, 0.15) is 30.3 Å². The van der Waals surface area contributed by atoms with E-state index in [-0.39, 0.29) is 12.1 Å². The van der Waals surface area contributed by atoms with E-state index in [0.717, 1.165) is 41.0 Å². The molecule has 21 heavy (non-hydrogen) atoms. The van der Waals surface area contributed by atoms with Crippen LogP contribution in [0.25, 0.3) is 0 Å². The summed E-state index contributed by atoms with van der Waals surface area (Å²) in [7, 11) is 0. The van der Waals surface area contributed by atoms with Gasteiger partial charge in [0.15, 0.2) is 5.76 Å². The molecule has 1 aliphatic heterocycles. The fraction of sp³-hybridized carbons (Fsp3) is 0.333. The van der Waals surface area contributed by atoms with Crippen molar-refractivity contribution in [2.45, 2.75) is 25.8 Å². The van der Waals surface area contributed by atoms with Gasteiger partial charge < -0.3 is 14.7 Å². The second-order valence-corrected chi connectivity index (χ2v) is 5.99. The monoisotopic (exact) mass is 349 g/mol. The Morgan fingerprint density at radius 3 is 3.00 bits per heavy atom. The first kappa shape index (κ1) is 14.1. The molecule has 0 bridgehead atoms. The number of rotatable bonds is 2. The molecule has 1 fully saturated rings. The molecule has 1 aromatic carbocycles. The maximum Gasteiger partial charge on any atom is 0.322 e. The minimum atomic E-state index is -0.113. The van der Waals surface area contributed by atoms with Crippen molar-refractivity contribution in [3.63, 3.8) is 0 Å². The highest BCUT2D eigenvalue weighted by Crippen LogP contribution is 2.33. The Balaban J connectivity index is 1.76. The Morgan fingerprint density at radius 1 is 1.48 bits per heavy atom. The zero-order valence-electron chi connectivity index (χ0n) is 11.7. The van der Waals surface area contributed by atoms with Crippen molar-refractivity contribution in [3.05, 3.63) is 46.3 Å². The number of aromatic nitrogens is 1. The van der Waals surface area contributed by atoms with Gasteiger partial charge in [-0.25, -0.2) is 4.79 Å². The Kier molecular flexibility index (Phi) is 3.96. The van der Waals surface area contributed by atoms with E-state index >= 15 is 0 Å². The summed E-state index contributed by atoms with van der Waals surface area (Å²) in [6.07, 6.45) is 1.87. The smallest absolute Gasteiger partial charge is 0.322 e. The van der Waals surface area contributed by atoms with E-state index < -0.39 is 0 Å². The molecule has 0 saturated carbocycles. The third-order valence-electron chi connectivity index (χ3n) is 3.60. The van der Waals surface area contributed by atoms with E-state index in [1.165, 1.54) is 0 Å². The lowest BCUT2D eigenvalue weighted by molar-refractivity contribution is 0.195. The normalized spacial score (nSPS) is 18.0. The zero-order chi connectivity index (χ0) is 14.8. The van der Waals surface area contributed by atoms with Crippen LogP contribution >= 0.6 is 15.9 Å². The van der Waals surface area contributed by atoms with Gasteiger partial charge in [-0.2, -0.15) is 0 Å². The van der Waals surface area contributed by atoms with Crippen molar-refractivity contribution in [1.29, 1.82) is 0 Å². The van der Waals surface area contributed by atoms with Crippen molar-refractivity contribution in [2.24, 2.45) is 0 Å². The van der Waals surface area contributed by atoms with Gasteiger partial charge in [0.05, 0.1) is 17.4 Å². The molecule has 1 unspecified atom stereocenters. The van der Waals surface area contributed by atoms with Crippen LogP contribution in [-0.4, -0.2) is 22.6 Å². The standard InChI is InChI=1S/C15H16BrN3O2/c1-10-9-14(21-18-10)13-7-4-8-19(13)15(20)17-12-6-3-2-5-11(12)16/h2-3,5-6,9,13H,4,7-8H2,1H3,(H,17,20). The van der Waals surface area contributed by atoms with E-state index in [4.69, 9.17) is 4.52 Å². The molecule has 0 radical (unpaired) electrons. The lowest BCUT2D eigenvalue weighted by Crippen LogP contribution is -2.34. The summed E-state index contributed by atoms with van der Waals surface area (Å²) >= 11 is 3.43. The maximum atomic E-state index is 12.5. The summed E-state index contributed by atoms with van der Waals surface area (Å²) in [5.41, 5.74) is 1.60. The molecular formula is C15H16BrN3O2. The van der Waals surface area contributed by atoms with Crippen LogP contribution in [0.2, 0.25) is 0 Å². The molecule has 1 aromatic heterocycles. The summed E-state index contributed by atoms with van der Waals surface area (Å²) in [5.74, 6) is 0.757. The predicted octanol–water partition coefficient (Wildman–Crippen LogP) is 4.11. The molecule has 1 aliphatic rings. The molecule has 1 atom stereocenters. The Bertz CT molecular complexity index is 656. The number of halogens is 1. The van der Waals surface area contributed by atoms with Crippen LogP contribution in [0.15, 0.2) is 39.3 Å². The molecule has 110 valence electrons. The van der Waals surface area contributed by atoms with Gasteiger partial charge in [0.2, 0.25) is 0 Å². The van der Waals surface area contributed by atoms with Gasteiger partial charge in [0.1, 0.15) is 0 Å². The van der Waals surface area contributed by atoms with Crippen molar-refractivity contribution < 1.29 is 9.32 Å². The molecular weight excluding hydrogens is 334 g/mol. The van der Waals surface area contributed by atoms with Gasteiger partial charge in [0, 0.05) is 17.1 Å². The first-order chi connectivity index (χ1) is 10.1. The number of aryl methyl sites for hydroxylation is 1. The lowest BCUT2D eigenvalue weighted by atomic mass is 10.1. The number of anilines is 1. The minimum Gasteiger partial charge on any atom is -0.359 e. The third kappa shape index (κ3) is 2.95. The van der Waals surface area contributed by atoms with Crippen molar-refractivity contribution in [3.8, 4) is 0 Å². The molecule has 3 rings (SSSR count). The summed E-state index contributed by atoms with van der Waals surface area (Å²) in [5, 5.41) is 6.85. The Labute approximate surface area is 131 Å². The first-order valence-electron chi connectivity index (χ1n) is 6.90. The van der Waals surface area contributed by atoms with Gasteiger partial charge in [-0.3, -0.25) is 0 Å². The quantitative estimate of drug-likeness (QED) is 0.887. The highest BCUT2D eigenvalue weighted by Gasteiger charge is 2.32. The summed E-state index contributed by atoms with van der Waals surface area (Å²) in [4.78, 5) is 14.3. The van der Waals surface area contributed by atoms with E-state index in [1.807, 2.05) is 37.3 Å². The molecule has 1 N–H and O–H groups in total. The molecule has 0 aliphatic carbocycles. The second-order valence-electron chi connectivity index (χ2n) is 5.13. The van der Waals surface area contributed by atoms with Crippen molar-refractivity contribution in [2.75, 3.05) is 11.9 Å². The topological polar surface area (TPSA) is 58.4 Å². The molecule has 2 heterocycles. The number of carbonyl (C=O) groups excluding carboxylic acids is 1. The van der Waals surface area contributed by atoms with Crippen LogP contribution < -0.4 is 5.32 Å². The zero-order valence-corrected chi connectivity index (χ0v) is 13.3. The van der Waals surface area contributed by atoms with Crippen LogP contribution in [0.5, 0.6) is 0 Å². The predicted molar refractivity (Wildman–Crippen MR) is 83.1 cm³/mol. The lowest BCUT2D eigenvalue weighted by Gasteiger charge is -2.23. The number of benzene rings is 1. The average molecular weight is 350 g/mol. The van der Waals surface area contributed by atoms with Gasteiger partial charge >= 0.3 is 6.03 Å². The number of hydrogen-bond donors (Lipinski definition) is 1. The molecule has 1 saturated heterocycles. The summed E-state index contributed by atoms with van der Waals surface area (Å²) in [6.45, 7) is 2.61. The highest BCUT2D eigenvalue weighted by atomic mass is 79.9. The maximum absolute atomic E-state index is 12.5. The van der Waals surface area contributed by atoms with Gasteiger partial charge in [-0.15, -0.1) is 0 Å². The van der Waals surface area contributed by atoms with Crippen LogP contribution in [0.4, 0.5) is 10.5 Å². The largest absolute Gasteiger partial charge is 0.359 e. The fourth-order valence-electron chi connectivity index (χ4n) is 2.60. The number of hydrogen-bond acceptors (Lipinski definition) is 3. The van der Waals surface area contributed by atoms with E-state index in [2.05, 4.69) is 26.4 Å². The highest BCUT2D eigenvalue weighted by molar-refractivity contribution is 9.10. The van der Waals surface area contributed by atoms with Gasteiger partial charge in [0.25, 0.3) is 0 Å².